The first kappa shape index (κ1) is 26.2. The number of hydrogen-bond acceptors (Lipinski definition) is 6. The summed E-state index contributed by atoms with van der Waals surface area (Å²) in [5.74, 6) is -0.281. The van der Waals surface area contributed by atoms with E-state index in [0.717, 1.165) is 27.7 Å². The highest BCUT2D eigenvalue weighted by molar-refractivity contribution is 6.32. The molecule has 4 heterocycles. The summed E-state index contributed by atoms with van der Waals surface area (Å²) in [6.45, 7) is 8.36. The van der Waals surface area contributed by atoms with E-state index in [4.69, 9.17) is 16.3 Å². The number of likely N-dealkylation sites (N-methyl/N-ethyl adjacent to an activating group) is 1. The van der Waals surface area contributed by atoms with Crippen molar-refractivity contribution in [3.63, 3.8) is 0 Å². The summed E-state index contributed by atoms with van der Waals surface area (Å²) < 4.78 is 6.02. The van der Waals surface area contributed by atoms with E-state index in [2.05, 4.69) is 20.6 Å². The summed E-state index contributed by atoms with van der Waals surface area (Å²) in [5.41, 5.74) is 4.03. The first-order valence-corrected chi connectivity index (χ1v) is 13.2. The monoisotopic (exact) mass is 536 g/mol. The number of benzene rings is 1. The third kappa shape index (κ3) is 5.55. The molecule has 0 spiro atoms. The molecule has 3 N–H and O–H groups in total. The van der Waals surface area contributed by atoms with Gasteiger partial charge < -0.3 is 25.3 Å². The minimum absolute atomic E-state index is 0.0405. The van der Waals surface area contributed by atoms with Crippen molar-refractivity contribution in [2.24, 2.45) is 0 Å². The van der Waals surface area contributed by atoms with Gasteiger partial charge in [0.2, 0.25) is 11.8 Å². The summed E-state index contributed by atoms with van der Waals surface area (Å²) >= 11 is 6.45. The lowest BCUT2D eigenvalue weighted by molar-refractivity contribution is -0.150. The van der Waals surface area contributed by atoms with Gasteiger partial charge in [-0.05, 0) is 62.9 Å². The van der Waals surface area contributed by atoms with E-state index in [0.29, 0.717) is 36.9 Å². The van der Waals surface area contributed by atoms with Gasteiger partial charge in [0.05, 0.1) is 36.5 Å². The van der Waals surface area contributed by atoms with E-state index >= 15 is 0 Å². The van der Waals surface area contributed by atoms with Gasteiger partial charge in [-0.2, -0.15) is 0 Å². The van der Waals surface area contributed by atoms with Gasteiger partial charge in [-0.1, -0.05) is 11.6 Å². The lowest BCUT2D eigenvalue weighted by atomic mass is 10.0. The van der Waals surface area contributed by atoms with Crippen LogP contribution in [0.3, 0.4) is 0 Å². The van der Waals surface area contributed by atoms with Crippen LogP contribution in [-0.4, -0.2) is 69.5 Å². The smallest absolute Gasteiger partial charge is 0.244 e. The molecule has 2 aliphatic heterocycles. The van der Waals surface area contributed by atoms with Crippen LogP contribution in [0.25, 0.3) is 17.0 Å². The molecule has 38 heavy (non-hydrogen) atoms. The number of pyridine rings is 1. The fourth-order valence-electron chi connectivity index (χ4n) is 5.10. The maximum Gasteiger partial charge on any atom is 0.244 e. The number of nitrogens with zero attached hydrogens (tertiary/aromatic N) is 3. The number of carbonyl (C=O) groups is 2. The average molecular weight is 537 g/mol. The number of rotatable bonds is 7. The maximum atomic E-state index is 13.7. The molecular formula is C28H33ClN6O3. The van der Waals surface area contributed by atoms with E-state index in [1.807, 2.05) is 56.1 Å². The summed E-state index contributed by atoms with van der Waals surface area (Å²) in [6.07, 6.45) is 7.34. The lowest BCUT2D eigenvalue weighted by Crippen LogP contribution is -2.60. The van der Waals surface area contributed by atoms with Gasteiger partial charge in [0.25, 0.3) is 0 Å². The molecule has 0 saturated carbocycles. The molecule has 1 aromatic carbocycles. The first-order chi connectivity index (χ1) is 18.2. The van der Waals surface area contributed by atoms with Crippen LogP contribution in [0.4, 0.5) is 5.69 Å². The molecule has 2 amide bonds. The molecule has 200 valence electrons. The number of aromatic nitrogens is 2. The molecule has 0 radical (unpaired) electrons. The lowest BCUT2D eigenvalue weighted by Gasteiger charge is -2.43. The summed E-state index contributed by atoms with van der Waals surface area (Å²) in [7, 11) is 0. The number of H-pyrrole nitrogens is 1. The topological polar surface area (TPSA) is 103 Å². The average Bonchev–Trinajstić information content (AvgIpc) is 3.26. The highest BCUT2D eigenvalue weighted by atomic mass is 35.5. The van der Waals surface area contributed by atoms with E-state index in [-0.39, 0.29) is 25.0 Å². The second kappa shape index (κ2) is 10.8. The van der Waals surface area contributed by atoms with Crippen LogP contribution in [0.5, 0.6) is 0 Å². The van der Waals surface area contributed by atoms with Gasteiger partial charge >= 0.3 is 0 Å². The van der Waals surface area contributed by atoms with E-state index in [1.54, 1.807) is 23.4 Å². The molecule has 1 fully saturated rings. The molecule has 5 rings (SSSR count). The minimum atomic E-state index is -0.633. The van der Waals surface area contributed by atoms with Gasteiger partial charge in [-0.3, -0.25) is 19.5 Å². The molecule has 2 aromatic heterocycles. The van der Waals surface area contributed by atoms with Gasteiger partial charge in [-0.15, -0.1) is 0 Å². The minimum Gasteiger partial charge on any atom is -0.385 e. The number of halogens is 1. The largest absolute Gasteiger partial charge is 0.385 e. The van der Waals surface area contributed by atoms with Crippen LogP contribution in [0.1, 0.15) is 37.6 Å². The summed E-state index contributed by atoms with van der Waals surface area (Å²) in [4.78, 5) is 38.2. The summed E-state index contributed by atoms with van der Waals surface area (Å²) in [6, 6.07) is 6.82. The number of hydrogen-bond donors (Lipinski definition) is 3. The molecule has 9 nitrogen and oxygen atoms in total. The first-order valence-electron chi connectivity index (χ1n) is 12.8. The molecule has 3 aromatic rings. The van der Waals surface area contributed by atoms with Gasteiger partial charge in [0.1, 0.15) is 6.04 Å². The van der Waals surface area contributed by atoms with Gasteiger partial charge in [0.15, 0.2) is 0 Å². The van der Waals surface area contributed by atoms with Crippen molar-refractivity contribution in [2.75, 3.05) is 31.6 Å². The van der Waals surface area contributed by atoms with Crippen molar-refractivity contribution in [1.29, 1.82) is 0 Å². The van der Waals surface area contributed by atoms with Crippen molar-refractivity contribution >= 4 is 46.1 Å². The molecule has 1 saturated heterocycles. The number of nitrogens with one attached hydrogen (secondary N) is 3. The molecule has 2 aliphatic rings. The van der Waals surface area contributed by atoms with Crippen molar-refractivity contribution in [3.8, 4) is 0 Å². The third-order valence-corrected chi connectivity index (χ3v) is 7.27. The van der Waals surface area contributed by atoms with Crippen LogP contribution < -0.4 is 10.6 Å². The van der Waals surface area contributed by atoms with E-state index < -0.39 is 11.6 Å². The van der Waals surface area contributed by atoms with Crippen LogP contribution in [0.2, 0.25) is 5.02 Å². The number of fused-ring (bicyclic) bond motifs is 3. The Morgan fingerprint density at radius 1 is 1.29 bits per heavy atom. The molecule has 1 atom stereocenters. The van der Waals surface area contributed by atoms with Crippen molar-refractivity contribution in [3.05, 3.63) is 64.7 Å². The van der Waals surface area contributed by atoms with Crippen LogP contribution in [0.15, 0.2) is 42.9 Å². The predicted octanol–water partition coefficient (Wildman–Crippen LogP) is 3.76. The SMILES string of the molecule is CCN(Cc1ccncc1)C(=O)CN1CC(C)(C)OC[C@H]1C(=O)Nc1cc(Cl)cc2c3c([nH]c12)CNC=C3. The Bertz CT molecular complexity index is 1370. The Labute approximate surface area is 227 Å². The third-order valence-electron chi connectivity index (χ3n) is 7.05. The zero-order valence-electron chi connectivity index (χ0n) is 21.9. The Kier molecular flexibility index (Phi) is 7.43. The molecule has 0 bridgehead atoms. The van der Waals surface area contributed by atoms with E-state index in [9.17, 15) is 9.59 Å². The molecule has 0 unspecified atom stereocenters. The number of amides is 2. The fraction of sp³-hybridized carbons (Fsp3) is 0.393. The van der Waals surface area contributed by atoms with Crippen molar-refractivity contribution in [1.82, 2.24) is 25.1 Å². The van der Waals surface area contributed by atoms with Gasteiger partial charge in [0, 0.05) is 53.7 Å². The highest BCUT2D eigenvalue weighted by Crippen LogP contribution is 2.34. The van der Waals surface area contributed by atoms with Crippen LogP contribution >= 0.6 is 11.6 Å². The Morgan fingerprint density at radius 2 is 2.08 bits per heavy atom. The zero-order valence-corrected chi connectivity index (χ0v) is 22.6. The Balaban J connectivity index is 1.36. The number of carbonyl (C=O) groups excluding carboxylic acids is 2. The van der Waals surface area contributed by atoms with E-state index in [1.165, 1.54) is 0 Å². The number of aromatic amines is 1. The second-order valence-electron chi connectivity index (χ2n) is 10.4. The Hall–Kier alpha value is -3.40. The molecule has 0 aliphatic carbocycles. The van der Waals surface area contributed by atoms with Crippen LogP contribution in [-0.2, 0) is 27.4 Å². The van der Waals surface area contributed by atoms with Crippen molar-refractivity contribution in [2.45, 2.75) is 45.5 Å². The predicted molar refractivity (Wildman–Crippen MR) is 149 cm³/mol. The summed E-state index contributed by atoms with van der Waals surface area (Å²) in [5, 5.41) is 7.74. The van der Waals surface area contributed by atoms with Crippen LogP contribution in [0, 0.1) is 0 Å². The van der Waals surface area contributed by atoms with Crippen molar-refractivity contribution < 1.29 is 14.3 Å². The highest BCUT2D eigenvalue weighted by Gasteiger charge is 2.39. The Morgan fingerprint density at radius 3 is 2.84 bits per heavy atom. The van der Waals surface area contributed by atoms with Gasteiger partial charge in [-0.25, -0.2) is 0 Å². The zero-order chi connectivity index (χ0) is 26.9. The number of morpholine rings is 1. The second-order valence-corrected chi connectivity index (χ2v) is 10.8. The standard InChI is InChI=1S/C28H33ClN6O3/c1-4-34(14-18-5-8-30-9-6-18)25(36)15-35-17-28(2,3)38-16-24(35)27(37)33-22-12-19(29)11-21-20-7-10-31-13-23(20)32-26(21)22/h5-12,24,31-32H,4,13-17H2,1-3H3,(H,33,37)/t24-/m0/s1. The fourth-order valence-corrected chi connectivity index (χ4v) is 5.32. The molecule has 10 heteroatoms. The molecular weight excluding hydrogens is 504 g/mol. The number of anilines is 1. The quantitative estimate of drug-likeness (QED) is 0.425. The number of ether oxygens (including phenoxy) is 1. The maximum absolute atomic E-state index is 13.7. The normalized spacial score (nSPS) is 18.6.